The number of fused-ring (bicyclic) bond motifs is 1. The number of piperidine rings is 1. The number of carboxylic acid groups (broad SMARTS) is 1. The number of amides is 1. The van der Waals surface area contributed by atoms with E-state index in [0.717, 1.165) is 37.9 Å². The molecule has 130 valence electrons. The van der Waals surface area contributed by atoms with E-state index >= 15 is 0 Å². The van der Waals surface area contributed by atoms with Gasteiger partial charge in [-0.05, 0) is 59.4 Å². The Balaban J connectivity index is 1.99. The summed E-state index contributed by atoms with van der Waals surface area (Å²) in [6.45, 7) is 1.72. The van der Waals surface area contributed by atoms with Crippen LogP contribution in [0.2, 0.25) is 0 Å². The average Bonchev–Trinajstić information content (AvgIpc) is 2.86. The molecule has 1 amide bonds. The Labute approximate surface area is 154 Å². The molecule has 2 aliphatic rings. The van der Waals surface area contributed by atoms with Crippen LogP contribution in [0.5, 0.6) is 0 Å². The number of aromatic nitrogens is 2. The molecule has 0 saturated carbocycles. The van der Waals surface area contributed by atoms with Crippen LogP contribution in [-0.2, 0) is 12.0 Å². The van der Waals surface area contributed by atoms with Crippen LogP contribution < -0.4 is 10.6 Å². The Bertz CT molecular complexity index is 805. The largest absolute Gasteiger partial charge is 0.465 e. The van der Waals surface area contributed by atoms with Crippen molar-refractivity contribution < 1.29 is 9.90 Å². The Morgan fingerprint density at radius 1 is 1.20 bits per heavy atom. The SMILES string of the molecule is O=C(O)NC1(c2cnc(Br)cn2)c2ccccc2CC12CCNCC2. The highest BCUT2D eigenvalue weighted by atomic mass is 79.9. The summed E-state index contributed by atoms with van der Waals surface area (Å²) >= 11 is 3.32. The number of carbonyl (C=O) groups is 1. The Morgan fingerprint density at radius 3 is 2.64 bits per heavy atom. The second-order valence-electron chi connectivity index (χ2n) is 6.77. The van der Waals surface area contributed by atoms with Gasteiger partial charge in [0, 0.05) is 5.41 Å². The summed E-state index contributed by atoms with van der Waals surface area (Å²) < 4.78 is 0.632. The van der Waals surface area contributed by atoms with Crippen LogP contribution in [0.3, 0.4) is 0 Å². The second kappa shape index (κ2) is 6.07. The molecule has 0 radical (unpaired) electrons. The summed E-state index contributed by atoms with van der Waals surface area (Å²) in [5, 5.41) is 16.0. The summed E-state index contributed by atoms with van der Waals surface area (Å²) in [4.78, 5) is 20.8. The average molecular weight is 403 g/mol. The molecule has 1 aromatic carbocycles. The summed E-state index contributed by atoms with van der Waals surface area (Å²) in [5.74, 6) is 0. The van der Waals surface area contributed by atoms with Crippen molar-refractivity contribution in [2.45, 2.75) is 24.8 Å². The number of hydrogen-bond acceptors (Lipinski definition) is 4. The first-order valence-electron chi connectivity index (χ1n) is 8.36. The molecule has 2 aromatic rings. The van der Waals surface area contributed by atoms with Crippen molar-refractivity contribution in [1.29, 1.82) is 0 Å². The minimum absolute atomic E-state index is 0.247. The number of rotatable bonds is 2. The van der Waals surface area contributed by atoms with Gasteiger partial charge in [0.2, 0.25) is 0 Å². The molecule has 1 aliphatic carbocycles. The van der Waals surface area contributed by atoms with Crippen LogP contribution in [0, 0.1) is 5.41 Å². The van der Waals surface area contributed by atoms with Gasteiger partial charge in [-0.1, -0.05) is 24.3 Å². The number of nitrogens with one attached hydrogen (secondary N) is 2. The van der Waals surface area contributed by atoms with E-state index in [1.54, 1.807) is 12.4 Å². The van der Waals surface area contributed by atoms with Crippen molar-refractivity contribution >= 4 is 22.0 Å². The molecule has 25 heavy (non-hydrogen) atoms. The van der Waals surface area contributed by atoms with Crippen LogP contribution in [0.1, 0.15) is 29.7 Å². The van der Waals surface area contributed by atoms with Crippen LogP contribution >= 0.6 is 15.9 Å². The summed E-state index contributed by atoms with van der Waals surface area (Å²) in [5.41, 5.74) is 1.71. The van der Waals surface area contributed by atoms with Crippen molar-refractivity contribution in [3.63, 3.8) is 0 Å². The van der Waals surface area contributed by atoms with E-state index in [9.17, 15) is 9.90 Å². The minimum atomic E-state index is -1.04. The fourth-order valence-corrected chi connectivity index (χ4v) is 4.82. The van der Waals surface area contributed by atoms with Crippen molar-refractivity contribution in [2.24, 2.45) is 5.41 Å². The molecule has 1 atom stereocenters. The van der Waals surface area contributed by atoms with Gasteiger partial charge in [-0.25, -0.2) is 9.78 Å². The predicted octanol–water partition coefficient (Wildman–Crippen LogP) is 2.68. The second-order valence-corrected chi connectivity index (χ2v) is 7.58. The van der Waals surface area contributed by atoms with E-state index in [0.29, 0.717) is 10.3 Å². The highest BCUT2D eigenvalue weighted by Gasteiger charge is 2.60. The highest BCUT2D eigenvalue weighted by molar-refractivity contribution is 9.10. The first-order chi connectivity index (χ1) is 12.1. The van der Waals surface area contributed by atoms with Crippen LogP contribution in [0.25, 0.3) is 0 Å². The predicted molar refractivity (Wildman–Crippen MR) is 96.4 cm³/mol. The molecule has 7 heteroatoms. The van der Waals surface area contributed by atoms with Gasteiger partial charge < -0.3 is 15.7 Å². The van der Waals surface area contributed by atoms with Crippen molar-refractivity contribution in [3.8, 4) is 0 Å². The van der Waals surface area contributed by atoms with Crippen molar-refractivity contribution in [3.05, 3.63) is 58.1 Å². The Hall–Kier alpha value is -1.99. The van der Waals surface area contributed by atoms with Gasteiger partial charge >= 0.3 is 6.09 Å². The molecule has 1 spiro atoms. The quantitative estimate of drug-likeness (QED) is 0.718. The first kappa shape index (κ1) is 16.5. The van der Waals surface area contributed by atoms with E-state index in [4.69, 9.17) is 0 Å². The number of halogens is 1. The van der Waals surface area contributed by atoms with Crippen LogP contribution in [0.4, 0.5) is 4.79 Å². The lowest BCUT2D eigenvalue weighted by Gasteiger charge is -2.48. The van der Waals surface area contributed by atoms with Gasteiger partial charge in [0.25, 0.3) is 0 Å². The summed E-state index contributed by atoms with van der Waals surface area (Å²) in [6.07, 6.45) is 4.86. The molecule has 1 aliphatic heterocycles. The maximum atomic E-state index is 11.9. The van der Waals surface area contributed by atoms with Crippen LogP contribution in [-0.4, -0.2) is 34.3 Å². The van der Waals surface area contributed by atoms with Crippen molar-refractivity contribution in [2.75, 3.05) is 13.1 Å². The van der Waals surface area contributed by atoms with E-state index in [-0.39, 0.29) is 5.41 Å². The molecule has 0 bridgehead atoms. The summed E-state index contributed by atoms with van der Waals surface area (Å²) in [7, 11) is 0. The maximum Gasteiger partial charge on any atom is 0.405 e. The molecular formula is C18H19BrN4O2. The molecular weight excluding hydrogens is 384 g/mol. The van der Waals surface area contributed by atoms with Gasteiger partial charge in [0.15, 0.2) is 0 Å². The standard InChI is InChI=1S/C18H19BrN4O2/c19-15-11-21-14(10-22-15)18(23-16(24)25)13-4-2-1-3-12(13)9-17(18)5-7-20-8-6-17/h1-4,10-11,20,23H,5-9H2,(H,24,25). The monoisotopic (exact) mass is 402 g/mol. The number of benzene rings is 1. The number of hydrogen-bond donors (Lipinski definition) is 3. The zero-order valence-corrected chi connectivity index (χ0v) is 15.2. The van der Waals surface area contributed by atoms with E-state index in [1.165, 1.54) is 5.56 Å². The van der Waals surface area contributed by atoms with Crippen LogP contribution in [0.15, 0.2) is 41.3 Å². The van der Waals surface area contributed by atoms with Gasteiger partial charge in [-0.15, -0.1) is 0 Å². The van der Waals surface area contributed by atoms with E-state index in [2.05, 4.69) is 42.6 Å². The molecule has 3 N–H and O–H groups in total. The molecule has 6 nitrogen and oxygen atoms in total. The Kier molecular flexibility index (Phi) is 4.00. The summed E-state index contributed by atoms with van der Waals surface area (Å²) in [6, 6.07) is 8.09. The molecule has 1 saturated heterocycles. The molecule has 4 rings (SSSR count). The lowest BCUT2D eigenvalue weighted by Crippen LogP contribution is -2.59. The highest BCUT2D eigenvalue weighted by Crippen LogP contribution is 2.57. The van der Waals surface area contributed by atoms with Gasteiger partial charge in [-0.2, -0.15) is 0 Å². The fourth-order valence-electron chi connectivity index (χ4n) is 4.62. The molecule has 1 unspecified atom stereocenters. The lowest BCUT2D eigenvalue weighted by atomic mass is 9.63. The van der Waals surface area contributed by atoms with Gasteiger partial charge in [-0.3, -0.25) is 4.98 Å². The first-order valence-corrected chi connectivity index (χ1v) is 9.15. The topological polar surface area (TPSA) is 87.1 Å². The van der Waals surface area contributed by atoms with Gasteiger partial charge in [0.05, 0.1) is 18.1 Å². The smallest absolute Gasteiger partial charge is 0.405 e. The normalized spacial score (nSPS) is 24.0. The van der Waals surface area contributed by atoms with E-state index in [1.807, 2.05) is 18.2 Å². The lowest BCUT2D eigenvalue weighted by molar-refractivity contribution is 0.0821. The minimum Gasteiger partial charge on any atom is -0.465 e. The zero-order valence-electron chi connectivity index (χ0n) is 13.6. The molecule has 1 aromatic heterocycles. The number of nitrogens with zero attached hydrogens (tertiary/aromatic N) is 2. The fraction of sp³-hybridized carbons (Fsp3) is 0.389. The maximum absolute atomic E-state index is 11.9. The van der Waals surface area contributed by atoms with E-state index < -0.39 is 11.6 Å². The van der Waals surface area contributed by atoms with Crippen molar-refractivity contribution in [1.82, 2.24) is 20.6 Å². The third-order valence-electron chi connectivity index (χ3n) is 5.61. The Morgan fingerprint density at radius 2 is 1.96 bits per heavy atom. The third-order valence-corrected chi connectivity index (χ3v) is 6.01. The molecule has 2 heterocycles. The van der Waals surface area contributed by atoms with Gasteiger partial charge in [0.1, 0.15) is 10.1 Å². The third kappa shape index (κ3) is 2.45. The zero-order chi connectivity index (χ0) is 17.5. The molecule has 1 fully saturated rings.